The number of rotatable bonds is 8. The molecule has 1 saturated carbocycles. The second-order valence-electron chi connectivity index (χ2n) is 10.3. The van der Waals surface area contributed by atoms with Gasteiger partial charge in [-0.1, -0.05) is 12.1 Å². The molecule has 4 fully saturated rings. The van der Waals surface area contributed by atoms with E-state index in [4.69, 9.17) is 4.52 Å². The Morgan fingerprint density at radius 1 is 1.12 bits per heavy atom. The third-order valence-electron chi connectivity index (χ3n) is 7.76. The van der Waals surface area contributed by atoms with Crippen molar-refractivity contribution in [2.45, 2.75) is 88.8 Å². The van der Waals surface area contributed by atoms with E-state index >= 15 is 0 Å². The number of carbonyl (C=O) groups excluding carboxylic acids is 1. The van der Waals surface area contributed by atoms with Gasteiger partial charge >= 0.3 is 0 Å². The first-order valence-corrected chi connectivity index (χ1v) is 14.0. The molecule has 5 rings (SSSR count). The number of hydrogen-bond acceptors (Lipinski definition) is 6. The van der Waals surface area contributed by atoms with E-state index in [1.807, 2.05) is 4.31 Å². The summed E-state index contributed by atoms with van der Waals surface area (Å²) in [6.07, 6.45) is 8.45. The van der Waals surface area contributed by atoms with Crippen molar-refractivity contribution in [3.63, 3.8) is 0 Å². The summed E-state index contributed by atoms with van der Waals surface area (Å²) in [4.78, 5) is 15.1. The highest BCUT2D eigenvalue weighted by Gasteiger charge is 2.47. The molecule has 1 aliphatic carbocycles. The van der Waals surface area contributed by atoms with Crippen molar-refractivity contribution in [1.29, 1.82) is 0 Å². The molecule has 1 aromatic rings. The standard InChI is InChI=1S/C23H36N4O4S/c1-2-9-26-10-7-16(8-11-26)15-32(29,30)27-19-5-6-20(27)13-18(12-19)24-23(28)21-14-22(31-25-21)17-3-4-17/h14,16-20H,2-13,15H2,1H3,(H,24,28)/t18?,19-,20+. The summed E-state index contributed by atoms with van der Waals surface area (Å²) in [5, 5.41) is 7.03. The van der Waals surface area contributed by atoms with E-state index in [1.54, 1.807) is 6.07 Å². The number of sulfonamides is 1. The Hall–Kier alpha value is -1.45. The van der Waals surface area contributed by atoms with E-state index in [2.05, 4.69) is 22.3 Å². The van der Waals surface area contributed by atoms with Gasteiger partial charge in [-0.25, -0.2) is 8.42 Å². The molecule has 0 aromatic carbocycles. The molecular weight excluding hydrogens is 428 g/mol. The van der Waals surface area contributed by atoms with Gasteiger partial charge in [0.25, 0.3) is 5.91 Å². The fraction of sp³-hybridized carbons (Fsp3) is 0.826. The van der Waals surface area contributed by atoms with Gasteiger partial charge in [0.1, 0.15) is 5.76 Å². The topological polar surface area (TPSA) is 95.8 Å². The van der Waals surface area contributed by atoms with Crippen molar-refractivity contribution in [2.24, 2.45) is 5.92 Å². The molecule has 3 saturated heterocycles. The first kappa shape index (κ1) is 22.3. The number of likely N-dealkylation sites (tertiary alicyclic amines) is 1. The predicted molar refractivity (Wildman–Crippen MR) is 121 cm³/mol. The molecule has 4 heterocycles. The molecule has 1 aromatic heterocycles. The molecule has 0 radical (unpaired) electrons. The second-order valence-corrected chi connectivity index (χ2v) is 12.2. The maximum Gasteiger partial charge on any atom is 0.273 e. The fourth-order valence-electron chi connectivity index (χ4n) is 6.00. The van der Waals surface area contributed by atoms with Crippen molar-refractivity contribution in [3.05, 3.63) is 17.5 Å². The van der Waals surface area contributed by atoms with Crippen molar-refractivity contribution >= 4 is 15.9 Å². The highest BCUT2D eigenvalue weighted by Crippen LogP contribution is 2.41. The van der Waals surface area contributed by atoms with E-state index in [0.717, 1.165) is 70.3 Å². The van der Waals surface area contributed by atoms with Crippen LogP contribution in [0.1, 0.15) is 86.9 Å². The molecule has 8 nitrogen and oxygen atoms in total. The Morgan fingerprint density at radius 3 is 2.44 bits per heavy atom. The summed E-state index contributed by atoms with van der Waals surface area (Å²) >= 11 is 0. The van der Waals surface area contributed by atoms with E-state index in [0.29, 0.717) is 24.5 Å². The highest BCUT2D eigenvalue weighted by molar-refractivity contribution is 7.89. The maximum atomic E-state index is 13.3. The summed E-state index contributed by atoms with van der Waals surface area (Å²) in [5.41, 5.74) is 0.337. The number of hydrogen-bond donors (Lipinski definition) is 1. The molecule has 32 heavy (non-hydrogen) atoms. The average Bonchev–Trinajstić information content (AvgIpc) is 3.41. The number of aromatic nitrogens is 1. The number of amides is 1. The van der Waals surface area contributed by atoms with Crippen LogP contribution in [0.4, 0.5) is 0 Å². The van der Waals surface area contributed by atoms with Crippen LogP contribution < -0.4 is 5.32 Å². The lowest BCUT2D eigenvalue weighted by Gasteiger charge is -2.39. The van der Waals surface area contributed by atoms with E-state index < -0.39 is 10.0 Å². The number of piperidine rings is 2. The van der Waals surface area contributed by atoms with Crippen molar-refractivity contribution in [3.8, 4) is 0 Å². The van der Waals surface area contributed by atoms with Crippen LogP contribution in [0.3, 0.4) is 0 Å². The van der Waals surface area contributed by atoms with E-state index in [9.17, 15) is 13.2 Å². The van der Waals surface area contributed by atoms with Gasteiger partial charge < -0.3 is 14.7 Å². The molecule has 178 valence electrons. The molecular formula is C23H36N4O4S. The zero-order chi connectivity index (χ0) is 22.3. The van der Waals surface area contributed by atoms with Gasteiger partial charge in [-0.3, -0.25) is 4.79 Å². The first-order valence-electron chi connectivity index (χ1n) is 12.4. The monoisotopic (exact) mass is 464 g/mol. The predicted octanol–water partition coefficient (Wildman–Crippen LogP) is 2.73. The van der Waals surface area contributed by atoms with E-state index in [-0.39, 0.29) is 35.7 Å². The van der Waals surface area contributed by atoms with Gasteiger partial charge in [-0.2, -0.15) is 4.31 Å². The van der Waals surface area contributed by atoms with Crippen LogP contribution in [0.2, 0.25) is 0 Å². The Labute approximate surface area is 191 Å². The smallest absolute Gasteiger partial charge is 0.273 e. The largest absolute Gasteiger partial charge is 0.360 e. The fourth-order valence-corrected chi connectivity index (χ4v) is 8.39. The zero-order valence-electron chi connectivity index (χ0n) is 19.0. The lowest BCUT2D eigenvalue weighted by molar-refractivity contribution is 0.0900. The van der Waals surface area contributed by atoms with Gasteiger partial charge in [-0.05, 0) is 83.3 Å². The third kappa shape index (κ3) is 4.75. The minimum Gasteiger partial charge on any atom is -0.360 e. The first-order chi connectivity index (χ1) is 15.4. The van der Waals surface area contributed by atoms with Crippen LogP contribution in [-0.4, -0.2) is 72.2 Å². The third-order valence-corrected chi connectivity index (χ3v) is 9.89. The molecule has 9 heteroatoms. The molecule has 0 spiro atoms. The Morgan fingerprint density at radius 2 is 1.81 bits per heavy atom. The molecule has 1 N–H and O–H groups in total. The van der Waals surface area contributed by atoms with Crippen molar-refractivity contribution in [1.82, 2.24) is 19.7 Å². The lowest BCUT2D eigenvalue weighted by Crippen LogP contribution is -2.53. The minimum atomic E-state index is -3.28. The number of nitrogens with one attached hydrogen (secondary N) is 1. The van der Waals surface area contributed by atoms with Crippen LogP contribution >= 0.6 is 0 Å². The van der Waals surface area contributed by atoms with Gasteiger partial charge in [0.05, 0.1) is 5.75 Å². The number of nitrogens with zero attached hydrogens (tertiary/aromatic N) is 3. The van der Waals surface area contributed by atoms with Crippen LogP contribution in [0, 0.1) is 5.92 Å². The van der Waals surface area contributed by atoms with Crippen LogP contribution in [0.25, 0.3) is 0 Å². The van der Waals surface area contributed by atoms with Crippen molar-refractivity contribution in [2.75, 3.05) is 25.4 Å². The van der Waals surface area contributed by atoms with Gasteiger partial charge in [0, 0.05) is 30.1 Å². The van der Waals surface area contributed by atoms with Gasteiger partial charge in [-0.15, -0.1) is 0 Å². The molecule has 1 amide bonds. The van der Waals surface area contributed by atoms with Crippen LogP contribution in [0.15, 0.2) is 10.6 Å². The summed E-state index contributed by atoms with van der Waals surface area (Å²) in [7, 11) is -3.28. The molecule has 3 aliphatic heterocycles. The average molecular weight is 465 g/mol. The molecule has 1 unspecified atom stereocenters. The van der Waals surface area contributed by atoms with Crippen LogP contribution in [-0.2, 0) is 10.0 Å². The van der Waals surface area contributed by atoms with Gasteiger partial charge in [0.15, 0.2) is 5.69 Å². The second kappa shape index (κ2) is 9.06. The maximum absolute atomic E-state index is 13.3. The van der Waals surface area contributed by atoms with Crippen LogP contribution in [0.5, 0.6) is 0 Å². The normalized spacial score (nSPS) is 30.0. The SMILES string of the molecule is CCCN1CCC(CS(=O)(=O)N2[C@@H]3CC[C@H]2CC(NC(=O)c2cc(C4CC4)on2)C3)CC1. The minimum absolute atomic E-state index is 0.00330. The Kier molecular flexibility index (Phi) is 6.33. The summed E-state index contributed by atoms with van der Waals surface area (Å²) in [5.74, 6) is 1.56. The Balaban J connectivity index is 1.16. The van der Waals surface area contributed by atoms with Gasteiger partial charge in [0.2, 0.25) is 10.0 Å². The summed E-state index contributed by atoms with van der Waals surface area (Å²) in [6.45, 7) is 5.33. The summed E-state index contributed by atoms with van der Waals surface area (Å²) < 4.78 is 33.8. The molecule has 4 aliphatic rings. The van der Waals surface area contributed by atoms with Crippen molar-refractivity contribution < 1.29 is 17.7 Å². The lowest BCUT2D eigenvalue weighted by atomic mass is 9.99. The highest BCUT2D eigenvalue weighted by atomic mass is 32.2. The summed E-state index contributed by atoms with van der Waals surface area (Å²) in [6, 6.07) is 1.75. The van der Waals surface area contributed by atoms with E-state index in [1.165, 1.54) is 0 Å². The molecule has 3 atom stereocenters. The quantitative estimate of drug-likeness (QED) is 0.636. The molecule has 2 bridgehead atoms. The Bertz CT molecular complexity index is 906. The number of carbonyl (C=O) groups is 1. The number of fused-ring (bicyclic) bond motifs is 2. The zero-order valence-corrected chi connectivity index (χ0v) is 19.9.